The minimum atomic E-state index is 0.173. The van der Waals surface area contributed by atoms with Gasteiger partial charge in [0.05, 0.1) is 22.8 Å². The zero-order chi connectivity index (χ0) is 25.7. The number of nitrogens with one attached hydrogen (secondary N) is 1. The minimum Gasteiger partial charge on any atom is -0.461 e. The number of anilines is 2. The maximum Gasteiger partial charge on any atom is 0.318 e. The summed E-state index contributed by atoms with van der Waals surface area (Å²) in [4.78, 5) is 17.6. The Morgan fingerprint density at radius 3 is 2.71 bits per heavy atom. The maximum atomic E-state index is 6.70. The molecular formula is C30H37ClN6O. The lowest BCUT2D eigenvalue weighted by atomic mass is 9.95. The van der Waals surface area contributed by atoms with Gasteiger partial charge in [-0.15, -0.1) is 0 Å². The summed E-state index contributed by atoms with van der Waals surface area (Å²) < 4.78 is 6.50. The SMILES string of the molecule is CN(c1nc(OCC23CCCN2CCC3)nc2c1CCN(c1cccc3cccc(Cl)c13)C2)C1CCNC1. The fraction of sp³-hybridized carbons (Fsp3) is 0.533. The molecule has 200 valence electrons. The van der Waals surface area contributed by atoms with Crippen molar-refractivity contribution in [3.63, 3.8) is 0 Å². The smallest absolute Gasteiger partial charge is 0.318 e. The number of likely N-dealkylation sites (N-methyl/N-ethyl adjacent to an activating group) is 1. The van der Waals surface area contributed by atoms with Crippen LogP contribution in [0.1, 0.15) is 43.4 Å². The molecule has 0 aliphatic carbocycles. The summed E-state index contributed by atoms with van der Waals surface area (Å²) in [6.07, 6.45) is 6.99. The van der Waals surface area contributed by atoms with Gasteiger partial charge >= 0.3 is 6.01 Å². The molecule has 2 aromatic carbocycles. The van der Waals surface area contributed by atoms with Crippen molar-refractivity contribution in [3.8, 4) is 6.01 Å². The number of nitrogens with zero attached hydrogens (tertiary/aromatic N) is 5. The van der Waals surface area contributed by atoms with Gasteiger partial charge < -0.3 is 19.9 Å². The first-order valence-electron chi connectivity index (χ1n) is 14.2. The van der Waals surface area contributed by atoms with Gasteiger partial charge in [-0.3, -0.25) is 4.90 Å². The molecule has 0 spiro atoms. The quantitative estimate of drug-likeness (QED) is 0.496. The topological polar surface area (TPSA) is 56.8 Å². The summed E-state index contributed by atoms with van der Waals surface area (Å²) in [5, 5.41) is 6.58. The highest BCUT2D eigenvalue weighted by Gasteiger charge is 2.45. The van der Waals surface area contributed by atoms with Crippen LogP contribution in [-0.2, 0) is 13.0 Å². The summed E-state index contributed by atoms with van der Waals surface area (Å²) in [5.74, 6) is 1.04. The van der Waals surface area contributed by atoms with Crippen LogP contribution in [0.4, 0.5) is 11.5 Å². The predicted octanol–water partition coefficient (Wildman–Crippen LogP) is 4.65. The van der Waals surface area contributed by atoms with E-state index < -0.39 is 0 Å². The van der Waals surface area contributed by atoms with E-state index in [2.05, 4.69) is 51.3 Å². The average molecular weight is 533 g/mol. The Bertz CT molecular complexity index is 1330. The molecule has 8 heteroatoms. The molecule has 7 nitrogen and oxygen atoms in total. The molecular weight excluding hydrogens is 496 g/mol. The highest BCUT2D eigenvalue weighted by Crippen LogP contribution is 2.40. The largest absolute Gasteiger partial charge is 0.461 e. The van der Waals surface area contributed by atoms with Crippen LogP contribution in [0.3, 0.4) is 0 Å². The maximum absolute atomic E-state index is 6.70. The first kappa shape index (κ1) is 24.4. The summed E-state index contributed by atoms with van der Waals surface area (Å²) in [5.41, 5.74) is 3.68. The third-order valence-electron chi connectivity index (χ3n) is 9.39. The minimum absolute atomic E-state index is 0.173. The molecule has 0 bridgehead atoms. The van der Waals surface area contributed by atoms with Gasteiger partial charge in [0.2, 0.25) is 0 Å². The molecule has 0 radical (unpaired) electrons. The normalized spacial score (nSPS) is 22.6. The van der Waals surface area contributed by atoms with E-state index in [1.54, 1.807) is 0 Å². The van der Waals surface area contributed by atoms with E-state index in [1.807, 2.05) is 12.1 Å². The molecule has 3 fully saturated rings. The Kier molecular flexibility index (Phi) is 6.33. The Morgan fingerprint density at radius 1 is 1.11 bits per heavy atom. The highest BCUT2D eigenvalue weighted by atomic mass is 35.5. The van der Waals surface area contributed by atoms with Gasteiger partial charge in [0.15, 0.2) is 0 Å². The number of rotatable bonds is 6. The van der Waals surface area contributed by atoms with Crippen LogP contribution >= 0.6 is 11.6 Å². The van der Waals surface area contributed by atoms with E-state index in [0.717, 1.165) is 60.9 Å². The lowest BCUT2D eigenvalue weighted by molar-refractivity contribution is 0.107. The van der Waals surface area contributed by atoms with E-state index in [9.17, 15) is 0 Å². The molecule has 0 amide bonds. The number of fused-ring (bicyclic) bond motifs is 3. The van der Waals surface area contributed by atoms with Gasteiger partial charge in [-0.2, -0.15) is 9.97 Å². The van der Waals surface area contributed by atoms with Gasteiger partial charge in [-0.1, -0.05) is 35.9 Å². The highest BCUT2D eigenvalue weighted by molar-refractivity contribution is 6.36. The van der Waals surface area contributed by atoms with Crippen molar-refractivity contribution in [3.05, 3.63) is 52.7 Å². The van der Waals surface area contributed by atoms with Gasteiger partial charge in [0.1, 0.15) is 12.4 Å². The van der Waals surface area contributed by atoms with Gasteiger partial charge in [-0.05, 0) is 75.7 Å². The fourth-order valence-electron chi connectivity index (χ4n) is 7.29. The Morgan fingerprint density at radius 2 is 1.92 bits per heavy atom. The molecule has 3 aromatic rings. The molecule has 1 N–H and O–H groups in total. The molecule has 0 saturated carbocycles. The fourth-order valence-corrected chi connectivity index (χ4v) is 7.57. The molecule has 1 atom stereocenters. The van der Waals surface area contributed by atoms with Crippen molar-refractivity contribution < 1.29 is 4.74 Å². The second-order valence-electron chi connectivity index (χ2n) is 11.5. The van der Waals surface area contributed by atoms with Gasteiger partial charge in [0.25, 0.3) is 0 Å². The first-order valence-corrected chi connectivity index (χ1v) is 14.6. The molecule has 7 rings (SSSR count). The zero-order valence-electron chi connectivity index (χ0n) is 22.3. The lowest BCUT2D eigenvalue weighted by Gasteiger charge is -2.35. The van der Waals surface area contributed by atoms with Crippen molar-refractivity contribution in [1.82, 2.24) is 20.2 Å². The Balaban J connectivity index is 1.23. The molecule has 1 unspecified atom stereocenters. The van der Waals surface area contributed by atoms with Crippen LogP contribution in [0.25, 0.3) is 10.8 Å². The van der Waals surface area contributed by atoms with Crippen molar-refractivity contribution >= 4 is 33.9 Å². The van der Waals surface area contributed by atoms with Crippen LogP contribution in [0.2, 0.25) is 5.02 Å². The summed E-state index contributed by atoms with van der Waals surface area (Å²) in [6.45, 7) is 6.74. The van der Waals surface area contributed by atoms with E-state index in [0.29, 0.717) is 18.7 Å². The van der Waals surface area contributed by atoms with E-state index in [1.165, 1.54) is 55.4 Å². The number of halogens is 1. The zero-order valence-corrected chi connectivity index (χ0v) is 23.0. The van der Waals surface area contributed by atoms with Crippen LogP contribution in [0, 0.1) is 0 Å². The standard InChI is InChI=1S/C30H37ClN6O/c1-35(22-10-14-32-18-22)28-23-11-17-36(26-9-3-7-21-6-2-8-24(31)27(21)26)19-25(23)33-29(34-28)38-20-30-12-4-15-37(30)16-5-13-30/h2-3,6-9,22,32H,4-5,10-20H2,1H3. The third kappa shape index (κ3) is 4.19. The predicted molar refractivity (Wildman–Crippen MR) is 154 cm³/mol. The van der Waals surface area contributed by atoms with Gasteiger partial charge in [-0.25, -0.2) is 0 Å². The van der Waals surface area contributed by atoms with Crippen LogP contribution in [-0.4, -0.2) is 72.8 Å². The third-order valence-corrected chi connectivity index (χ3v) is 9.71. The molecule has 3 saturated heterocycles. The molecule has 5 heterocycles. The Hall–Kier alpha value is -2.61. The van der Waals surface area contributed by atoms with E-state index in [4.69, 9.17) is 26.3 Å². The van der Waals surface area contributed by atoms with E-state index in [-0.39, 0.29) is 5.54 Å². The lowest BCUT2D eigenvalue weighted by Crippen LogP contribution is -2.43. The number of hydrogen-bond donors (Lipinski definition) is 1. The van der Waals surface area contributed by atoms with Crippen molar-refractivity contribution in [2.75, 3.05) is 56.2 Å². The summed E-state index contributed by atoms with van der Waals surface area (Å²) >= 11 is 6.70. The second-order valence-corrected chi connectivity index (χ2v) is 11.9. The number of benzene rings is 2. The molecule has 38 heavy (non-hydrogen) atoms. The molecule has 1 aromatic heterocycles. The number of ether oxygens (including phenoxy) is 1. The second kappa shape index (κ2) is 9.85. The van der Waals surface area contributed by atoms with Crippen molar-refractivity contribution in [2.45, 2.75) is 56.7 Å². The van der Waals surface area contributed by atoms with Crippen molar-refractivity contribution in [1.29, 1.82) is 0 Å². The van der Waals surface area contributed by atoms with E-state index >= 15 is 0 Å². The summed E-state index contributed by atoms with van der Waals surface area (Å²) in [7, 11) is 2.19. The van der Waals surface area contributed by atoms with Crippen molar-refractivity contribution in [2.24, 2.45) is 0 Å². The first-order chi connectivity index (χ1) is 18.6. The van der Waals surface area contributed by atoms with Crippen LogP contribution < -0.4 is 19.9 Å². The molecule has 4 aliphatic rings. The van der Waals surface area contributed by atoms with Crippen LogP contribution in [0.15, 0.2) is 36.4 Å². The summed E-state index contributed by atoms with van der Waals surface area (Å²) in [6, 6.07) is 13.5. The number of hydrogen-bond acceptors (Lipinski definition) is 7. The van der Waals surface area contributed by atoms with Crippen LogP contribution in [0.5, 0.6) is 6.01 Å². The van der Waals surface area contributed by atoms with Gasteiger partial charge in [0, 0.05) is 42.8 Å². The Labute approximate surface area is 230 Å². The molecule has 4 aliphatic heterocycles. The monoisotopic (exact) mass is 532 g/mol. The number of aromatic nitrogens is 2. The average Bonchev–Trinajstić information content (AvgIpc) is 3.69.